The molecule has 1 N–H and O–H groups in total. The van der Waals surface area contributed by atoms with E-state index < -0.39 is 0 Å². The van der Waals surface area contributed by atoms with Gasteiger partial charge in [0.2, 0.25) is 11.8 Å². The number of aromatic nitrogens is 2. The SMILES string of the molecule is Cc1cc(CC(=O)N2CCN(C(=O)Cc3cc(C)n(C)c3C)CC2)c(C)[nH]1. The van der Waals surface area contributed by atoms with Crippen LogP contribution < -0.4 is 0 Å². The maximum atomic E-state index is 12.7. The van der Waals surface area contributed by atoms with Gasteiger partial charge in [-0.1, -0.05) is 0 Å². The van der Waals surface area contributed by atoms with Gasteiger partial charge < -0.3 is 19.4 Å². The van der Waals surface area contributed by atoms with Crippen molar-refractivity contribution >= 4 is 11.8 Å². The summed E-state index contributed by atoms with van der Waals surface area (Å²) in [6.45, 7) is 10.6. The fourth-order valence-corrected chi connectivity index (χ4v) is 3.83. The monoisotopic (exact) mass is 370 g/mol. The maximum absolute atomic E-state index is 12.7. The fraction of sp³-hybridized carbons (Fsp3) is 0.524. The van der Waals surface area contributed by atoms with E-state index in [4.69, 9.17) is 0 Å². The summed E-state index contributed by atoms with van der Waals surface area (Å²) in [4.78, 5) is 32.3. The van der Waals surface area contributed by atoms with E-state index in [1.165, 1.54) is 5.69 Å². The zero-order chi connectivity index (χ0) is 19.7. The van der Waals surface area contributed by atoms with Crippen LogP contribution in [0.2, 0.25) is 0 Å². The lowest BCUT2D eigenvalue weighted by molar-refractivity contribution is -0.138. The number of aryl methyl sites for hydroxylation is 3. The number of carbonyl (C=O) groups is 2. The van der Waals surface area contributed by atoms with Gasteiger partial charge in [0.1, 0.15) is 0 Å². The third kappa shape index (κ3) is 4.10. The number of carbonyl (C=O) groups excluding carboxylic acids is 2. The fourth-order valence-electron chi connectivity index (χ4n) is 3.83. The van der Waals surface area contributed by atoms with Crippen molar-refractivity contribution in [2.45, 2.75) is 40.5 Å². The number of H-pyrrole nitrogens is 1. The second-order valence-electron chi connectivity index (χ2n) is 7.67. The van der Waals surface area contributed by atoms with E-state index in [1.54, 1.807) is 0 Å². The Labute approximate surface area is 161 Å². The first-order valence-corrected chi connectivity index (χ1v) is 9.58. The van der Waals surface area contributed by atoms with E-state index in [0.717, 1.165) is 28.2 Å². The lowest BCUT2D eigenvalue weighted by Gasteiger charge is -2.35. The average Bonchev–Trinajstić information content (AvgIpc) is 3.07. The van der Waals surface area contributed by atoms with E-state index in [2.05, 4.69) is 29.5 Å². The van der Waals surface area contributed by atoms with Gasteiger partial charge in [0.05, 0.1) is 12.8 Å². The molecule has 1 aliphatic rings. The Morgan fingerprint density at radius 3 is 1.81 bits per heavy atom. The largest absolute Gasteiger partial charge is 0.362 e. The van der Waals surface area contributed by atoms with Crippen molar-refractivity contribution in [2.24, 2.45) is 7.05 Å². The van der Waals surface area contributed by atoms with Crippen LogP contribution in [0.5, 0.6) is 0 Å². The Morgan fingerprint density at radius 2 is 1.41 bits per heavy atom. The van der Waals surface area contributed by atoms with Crippen molar-refractivity contribution < 1.29 is 9.59 Å². The van der Waals surface area contributed by atoms with Crippen LogP contribution in [-0.2, 0) is 29.5 Å². The summed E-state index contributed by atoms with van der Waals surface area (Å²) < 4.78 is 2.12. The summed E-state index contributed by atoms with van der Waals surface area (Å²) in [5.41, 5.74) is 6.61. The van der Waals surface area contributed by atoms with Crippen LogP contribution in [0.15, 0.2) is 12.1 Å². The van der Waals surface area contributed by atoms with Crippen LogP contribution in [-0.4, -0.2) is 57.3 Å². The van der Waals surface area contributed by atoms with Gasteiger partial charge in [-0.3, -0.25) is 9.59 Å². The lowest BCUT2D eigenvalue weighted by Crippen LogP contribution is -2.51. The third-order valence-corrected chi connectivity index (χ3v) is 5.81. The number of aromatic amines is 1. The molecule has 0 atom stereocenters. The maximum Gasteiger partial charge on any atom is 0.227 e. The molecule has 2 amide bonds. The molecule has 0 unspecified atom stereocenters. The Kier molecular flexibility index (Phi) is 5.44. The van der Waals surface area contributed by atoms with E-state index >= 15 is 0 Å². The molecule has 0 aliphatic carbocycles. The standard InChI is InChI=1S/C21H30N4O2/c1-14-10-18(16(3)22-14)12-20(26)24-6-8-25(9-7-24)21(27)13-19-11-15(2)23(5)17(19)4/h10-11,22H,6-9,12-13H2,1-5H3. The van der Waals surface area contributed by atoms with Gasteiger partial charge in [-0.05, 0) is 51.0 Å². The molecule has 6 heteroatoms. The molecular formula is C21H30N4O2. The minimum Gasteiger partial charge on any atom is -0.362 e. The predicted octanol–water partition coefficient (Wildman–Crippen LogP) is 2.04. The molecule has 1 saturated heterocycles. The number of rotatable bonds is 4. The van der Waals surface area contributed by atoms with Crippen molar-refractivity contribution in [1.82, 2.24) is 19.4 Å². The van der Waals surface area contributed by atoms with Crippen LogP contribution >= 0.6 is 0 Å². The minimum absolute atomic E-state index is 0.138. The van der Waals surface area contributed by atoms with Crippen molar-refractivity contribution in [2.75, 3.05) is 26.2 Å². The van der Waals surface area contributed by atoms with Crippen LogP contribution in [0.1, 0.15) is 33.9 Å². The number of hydrogen-bond donors (Lipinski definition) is 1. The molecule has 0 saturated carbocycles. The molecule has 0 radical (unpaired) electrons. The van der Waals surface area contributed by atoms with Crippen LogP contribution in [0.4, 0.5) is 0 Å². The zero-order valence-electron chi connectivity index (χ0n) is 17.1. The normalized spacial score (nSPS) is 14.7. The zero-order valence-corrected chi connectivity index (χ0v) is 17.1. The second kappa shape index (κ2) is 7.62. The molecule has 3 heterocycles. The molecule has 27 heavy (non-hydrogen) atoms. The summed E-state index contributed by atoms with van der Waals surface area (Å²) in [5, 5.41) is 0. The second-order valence-corrected chi connectivity index (χ2v) is 7.67. The summed E-state index contributed by atoms with van der Waals surface area (Å²) in [5.74, 6) is 0.284. The van der Waals surface area contributed by atoms with Gasteiger partial charge in [0.15, 0.2) is 0 Å². The highest BCUT2D eigenvalue weighted by Gasteiger charge is 2.25. The van der Waals surface area contributed by atoms with E-state index in [0.29, 0.717) is 39.0 Å². The molecule has 146 valence electrons. The number of hydrogen-bond acceptors (Lipinski definition) is 2. The average molecular weight is 370 g/mol. The quantitative estimate of drug-likeness (QED) is 0.895. The van der Waals surface area contributed by atoms with Gasteiger partial charge in [0.25, 0.3) is 0 Å². The predicted molar refractivity (Wildman–Crippen MR) is 106 cm³/mol. The lowest BCUT2D eigenvalue weighted by atomic mass is 10.1. The molecule has 0 bridgehead atoms. The minimum atomic E-state index is 0.138. The number of piperazine rings is 1. The number of nitrogens with one attached hydrogen (secondary N) is 1. The Bertz CT molecular complexity index is 854. The molecule has 2 aromatic heterocycles. The summed E-state index contributed by atoms with van der Waals surface area (Å²) in [7, 11) is 2.02. The molecule has 0 aromatic carbocycles. The molecule has 1 fully saturated rings. The highest BCUT2D eigenvalue weighted by molar-refractivity contribution is 5.81. The smallest absolute Gasteiger partial charge is 0.227 e. The highest BCUT2D eigenvalue weighted by Crippen LogP contribution is 2.16. The topological polar surface area (TPSA) is 61.3 Å². The molecule has 6 nitrogen and oxygen atoms in total. The van der Waals surface area contributed by atoms with Gasteiger partial charge in [0, 0.05) is 56.0 Å². The van der Waals surface area contributed by atoms with Crippen molar-refractivity contribution in [3.63, 3.8) is 0 Å². The van der Waals surface area contributed by atoms with Crippen LogP contribution in [0.3, 0.4) is 0 Å². The summed E-state index contributed by atoms with van der Waals surface area (Å²) >= 11 is 0. The van der Waals surface area contributed by atoms with E-state index in [1.807, 2.05) is 36.8 Å². The first-order chi connectivity index (χ1) is 12.8. The van der Waals surface area contributed by atoms with Crippen molar-refractivity contribution in [3.05, 3.63) is 46.0 Å². The Balaban J connectivity index is 1.53. The summed E-state index contributed by atoms with van der Waals surface area (Å²) in [6.07, 6.45) is 0.857. The van der Waals surface area contributed by atoms with E-state index in [-0.39, 0.29) is 11.8 Å². The van der Waals surface area contributed by atoms with Crippen LogP contribution in [0, 0.1) is 27.7 Å². The van der Waals surface area contributed by atoms with Gasteiger partial charge >= 0.3 is 0 Å². The molecular weight excluding hydrogens is 340 g/mol. The molecule has 1 aliphatic heterocycles. The van der Waals surface area contributed by atoms with Gasteiger partial charge in [-0.25, -0.2) is 0 Å². The van der Waals surface area contributed by atoms with Crippen molar-refractivity contribution in [1.29, 1.82) is 0 Å². The number of amides is 2. The number of nitrogens with zero attached hydrogens (tertiary/aromatic N) is 3. The van der Waals surface area contributed by atoms with Gasteiger partial charge in [-0.15, -0.1) is 0 Å². The van der Waals surface area contributed by atoms with Crippen molar-refractivity contribution in [3.8, 4) is 0 Å². The molecule has 3 rings (SSSR count). The molecule has 0 spiro atoms. The molecule has 2 aromatic rings. The highest BCUT2D eigenvalue weighted by atomic mass is 16.2. The first-order valence-electron chi connectivity index (χ1n) is 9.58. The van der Waals surface area contributed by atoms with Gasteiger partial charge in [-0.2, -0.15) is 0 Å². The first kappa shape index (κ1) is 19.3. The van der Waals surface area contributed by atoms with Crippen LogP contribution in [0.25, 0.3) is 0 Å². The Hall–Kier alpha value is -2.50. The summed E-state index contributed by atoms with van der Waals surface area (Å²) in [6, 6.07) is 4.13. The van der Waals surface area contributed by atoms with E-state index in [9.17, 15) is 9.59 Å². The third-order valence-electron chi connectivity index (χ3n) is 5.81. The Morgan fingerprint density at radius 1 is 0.889 bits per heavy atom.